The number of ether oxygens (including phenoxy) is 1. The van der Waals surface area contributed by atoms with Gasteiger partial charge >= 0.3 is 5.97 Å². The average molecular weight is 210 g/mol. The van der Waals surface area contributed by atoms with E-state index >= 15 is 0 Å². The lowest BCUT2D eigenvalue weighted by atomic mass is 9.94. The fourth-order valence-electron chi connectivity index (χ4n) is 1.80. The van der Waals surface area contributed by atoms with Crippen LogP contribution in [0.2, 0.25) is 0 Å². The zero-order valence-electron chi connectivity index (χ0n) is 8.07. The highest BCUT2D eigenvalue weighted by molar-refractivity contribution is 5.77. The van der Waals surface area contributed by atoms with Gasteiger partial charge in [-0.2, -0.15) is 0 Å². The summed E-state index contributed by atoms with van der Waals surface area (Å²) in [5.74, 6) is -1.52. The summed E-state index contributed by atoms with van der Waals surface area (Å²) in [6.45, 7) is 0.489. The minimum absolute atomic E-state index is 0.425. The molecule has 1 aliphatic heterocycles. The molecule has 1 aromatic carbocycles. The predicted octanol–water partition coefficient (Wildman–Crippen LogP) is 2.17. The predicted molar refractivity (Wildman–Crippen MR) is 51.5 cm³/mol. The highest BCUT2D eigenvalue weighted by Gasteiger charge is 2.26. The Balaban J connectivity index is 2.46. The molecule has 1 unspecified atom stereocenters. The molecule has 4 heteroatoms. The number of carboxylic acids is 1. The van der Waals surface area contributed by atoms with Gasteiger partial charge in [-0.25, -0.2) is 4.39 Å². The minimum atomic E-state index is -0.924. The van der Waals surface area contributed by atoms with Gasteiger partial charge in [0.05, 0.1) is 12.5 Å². The quantitative estimate of drug-likeness (QED) is 0.772. The van der Waals surface area contributed by atoms with Crippen molar-refractivity contribution in [1.29, 1.82) is 0 Å². The molecule has 80 valence electrons. The highest BCUT2D eigenvalue weighted by Crippen LogP contribution is 2.33. The summed E-state index contributed by atoms with van der Waals surface area (Å²) in [7, 11) is 0. The topological polar surface area (TPSA) is 46.5 Å². The molecule has 0 spiro atoms. The fourth-order valence-corrected chi connectivity index (χ4v) is 1.80. The average Bonchev–Trinajstić information content (AvgIpc) is 2.39. The number of aliphatic carboxylic acids is 1. The molecule has 2 rings (SSSR count). The van der Waals surface area contributed by atoms with E-state index in [0.29, 0.717) is 30.8 Å². The summed E-state index contributed by atoms with van der Waals surface area (Å²) >= 11 is 0. The maximum absolute atomic E-state index is 13.0. The molecular formula is C11H11FO3. The van der Waals surface area contributed by atoms with Crippen molar-refractivity contribution in [3.05, 3.63) is 29.6 Å². The number of hydrogen-bond donors (Lipinski definition) is 1. The molecule has 1 atom stereocenters. The first-order chi connectivity index (χ1) is 7.18. The summed E-state index contributed by atoms with van der Waals surface area (Å²) in [6.07, 6.45) is 1.17. The van der Waals surface area contributed by atoms with Crippen LogP contribution in [0.1, 0.15) is 24.3 Å². The Bertz CT molecular complexity index is 389. The molecule has 0 aliphatic carbocycles. The molecule has 0 amide bonds. The van der Waals surface area contributed by atoms with Crippen LogP contribution in [0.15, 0.2) is 18.2 Å². The number of fused-ring (bicyclic) bond motifs is 1. The molecule has 3 nitrogen and oxygen atoms in total. The highest BCUT2D eigenvalue weighted by atomic mass is 19.1. The van der Waals surface area contributed by atoms with Crippen molar-refractivity contribution in [1.82, 2.24) is 0 Å². The lowest BCUT2D eigenvalue weighted by molar-refractivity contribution is -0.138. The first-order valence-electron chi connectivity index (χ1n) is 4.83. The first-order valence-corrected chi connectivity index (χ1v) is 4.83. The van der Waals surface area contributed by atoms with Gasteiger partial charge in [-0.15, -0.1) is 0 Å². The zero-order chi connectivity index (χ0) is 10.8. The van der Waals surface area contributed by atoms with Gasteiger partial charge in [0.1, 0.15) is 11.6 Å². The monoisotopic (exact) mass is 210 g/mol. The summed E-state index contributed by atoms with van der Waals surface area (Å²) in [5.41, 5.74) is 0.444. The Morgan fingerprint density at radius 2 is 2.33 bits per heavy atom. The smallest absolute Gasteiger partial charge is 0.311 e. The molecule has 0 bridgehead atoms. The SMILES string of the molecule is O=C(O)C1CCCOc2ccc(F)cc21. The molecule has 0 aromatic heterocycles. The van der Waals surface area contributed by atoms with Crippen LogP contribution >= 0.6 is 0 Å². The Labute approximate surface area is 86.5 Å². The summed E-state index contributed by atoms with van der Waals surface area (Å²) in [4.78, 5) is 11.0. The lowest BCUT2D eigenvalue weighted by Crippen LogP contribution is -2.11. The van der Waals surface area contributed by atoms with Crippen molar-refractivity contribution < 1.29 is 19.0 Å². The molecule has 1 aliphatic rings. The van der Waals surface area contributed by atoms with E-state index in [1.807, 2.05) is 0 Å². The van der Waals surface area contributed by atoms with Crippen LogP contribution in [-0.4, -0.2) is 17.7 Å². The largest absolute Gasteiger partial charge is 0.493 e. The van der Waals surface area contributed by atoms with E-state index in [4.69, 9.17) is 9.84 Å². The van der Waals surface area contributed by atoms with Crippen molar-refractivity contribution >= 4 is 5.97 Å². The maximum atomic E-state index is 13.0. The number of hydrogen-bond acceptors (Lipinski definition) is 2. The molecule has 1 heterocycles. The molecule has 1 aromatic rings. The Kier molecular flexibility index (Phi) is 2.58. The second kappa shape index (κ2) is 3.88. The second-order valence-corrected chi connectivity index (χ2v) is 3.56. The normalized spacial score (nSPS) is 19.9. The van der Waals surface area contributed by atoms with Gasteiger partial charge in [-0.05, 0) is 31.0 Å². The fraction of sp³-hybridized carbons (Fsp3) is 0.364. The summed E-state index contributed by atoms with van der Waals surface area (Å²) < 4.78 is 18.4. The Morgan fingerprint density at radius 3 is 3.07 bits per heavy atom. The van der Waals surface area contributed by atoms with Crippen molar-refractivity contribution in [2.24, 2.45) is 0 Å². The van der Waals surface area contributed by atoms with Crippen LogP contribution in [0.4, 0.5) is 4.39 Å². The Morgan fingerprint density at radius 1 is 1.53 bits per heavy atom. The molecular weight excluding hydrogens is 199 g/mol. The molecule has 0 saturated heterocycles. The minimum Gasteiger partial charge on any atom is -0.493 e. The van der Waals surface area contributed by atoms with Gasteiger partial charge < -0.3 is 9.84 Å². The van der Waals surface area contributed by atoms with Gasteiger partial charge in [0.25, 0.3) is 0 Å². The van der Waals surface area contributed by atoms with E-state index in [1.54, 1.807) is 0 Å². The van der Waals surface area contributed by atoms with E-state index in [9.17, 15) is 9.18 Å². The van der Waals surface area contributed by atoms with Crippen LogP contribution in [0.5, 0.6) is 5.75 Å². The number of carbonyl (C=O) groups is 1. The van der Waals surface area contributed by atoms with Crippen molar-refractivity contribution in [3.8, 4) is 5.75 Å². The van der Waals surface area contributed by atoms with Gasteiger partial charge in [0.2, 0.25) is 0 Å². The van der Waals surface area contributed by atoms with Crippen LogP contribution in [0.25, 0.3) is 0 Å². The molecule has 15 heavy (non-hydrogen) atoms. The van der Waals surface area contributed by atoms with E-state index < -0.39 is 17.7 Å². The number of carboxylic acid groups (broad SMARTS) is 1. The first kappa shape index (κ1) is 9.96. The zero-order valence-corrected chi connectivity index (χ0v) is 8.07. The second-order valence-electron chi connectivity index (χ2n) is 3.56. The van der Waals surface area contributed by atoms with Crippen molar-refractivity contribution in [2.45, 2.75) is 18.8 Å². The molecule has 0 fully saturated rings. The standard InChI is InChI=1S/C11H11FO3/c12-7-3-4-10-9(6-7)8(11(13)14)2-1-5-15-10/h3-4,6,8H,1-2,5H2,(H,13,14). The van der Waals surface area contributed by atoms with Crippen LogP contribution < -0.4 is 4.74 Å². The van der Waals surface area contributed by atoms with E-state index in [2.05, 4.69) is 0 Å². The van der Waals surface area contributed by atoms with Gasteiger partial charge in [-0.1, -0.05) is 0 Å². The third-order valence-electron chi connectivity index (χ3n) is 2.54. The number of benzene rings is 1. The van der Waals surface area contributed by atoms with E-state index in [0.717, 1.165) is 0 Å². The van der Waals surface area contributed by atoms with Crippen molar-refractivity contribution in [2.75, 3.05) is 6.61 Å². The van der Waals surface area contributed by atoms with Gasteiger partial charge in [0.15, 0.2) is 0 Å². The van der Waals surface area contributed by atoms with E-state index in [1.165, 1.54) is 18.2 Å². The Hall–Kier alpha value is -1.58. The lowest BCUT2D eigenvalue weighted by Gasteiger charge is -2.11. The van der Waals surface area contributed by atoms with Crippen molar-refractivity contribution in [3.63, 3.8) is 0 Å². The third kappa shape index (κ3) is 1.93. The molecule has 0 saturated carbocycles. The summed E-state index contributed by atoms with van der Waals surface area (Å²) in [5, 5.41) is 9.02. The van der Waals surface area contributed by atoms with Gasteiger partial charge in [0, 0.05) is 5.56 Å². The maximum Gasteiger partial charge on any atom is 0.311 e. The van der Waals surface area contributed by atoms with Gasteiger partial charge in [-0.3, -0.25) is 4.79 Å². The van der Waals surface area contributed by atoms with Crippen LogP contribution in [0, 0.1) is 5.82 Å². The molecule has 1 N–H and O–H groups in total. The number of halogens is 1. The van der Waals surface area contributed by atoms with Crippen LogP contribution in [0.3, 0.4) is 0 Å². The van der Waals surface area contributed by atoms with Crippen LogP contribution in [-0.2, 0) is 4.79 Å². The molecule has 0 radical (unpaired) electrons. The summed E-state index contributed by atoms with van der Waals surface area (Å²) in [6, 6.07) is 4.02. The third-order valence-corrected chi connectivity index (χ3v) is 2.54. The van der Waals surface area contributed by atoms with E-state index in [-0.39, 0.29) is 0 Å². The number of rotatable bonds is 1.